The predicted molar refractivity (Wildman–Crippen MR) is 107 cm³/mol. The number of nitrogens with two attached hydrogens (primary N) is 1. The Labute approximate surface area is 187 Å². The Morgan fingerprint density at radius 1 is 1.33 bits per heavy atom. The molecule has 13 nitrogen and oxygen atoms in total. The summed E-state index contributed by atoms with van der Waals surface area (Å²) in [5, 5.41) is 26.2. The second-order valence-corrected chi connectivity index (χ2v) is 7.00. The van der Waals surface area contributed by atoms with Gasteiger partial charge in [0.05, 0.1) is 12.6 Å². The molecule has 0 unspecified atom stereocenters. The van der Waals surface area contributed by atoms with Crippen LogP contribution in [0.5, 0.6) is 0 Å². The van der Waals surface area contributed by atoms with E-state index in [-0.39, 0.29) is 17.8 Å². The van der Waals surface area contributed by atoms with Crippen molar-refractivity contribution in [3.05, 3.63) is 10.1 Å². The number of carboxylic acids is 1. The molecule has 1 saturated heterocycles. The fourth-order valence-electron chi connectivity index (χ4n) is 2.84. The standard InChI is InChI=1S/C15H28N6O5.C2HF3O2/c1-2-26-13(22)10-11-5-8-20(9-6-11)14(23)12(16)4-3-7-18-15(17)19-21(24)25;3-2(4,5)1(6)7/h11-12H,2-10,16H2,1H3,(H3,17,18,19);(H,6,7)/t12-;/m0./s1. The fraction of sp³-hybridized carbons (Fsp3) is 0.765. The van der Waals surface area contributed by atoms with Crippen LogP contribution >= 0.6 is 0 Å². The van der Waals surface area contributed by atoms with Crippen LogP contribution in [0, 0.1) is 21.4 Å². The molecule has 1 atom stereocenters. The number of likely N-dealkylation sites (tertiary alicyclic amines) is 1. The van der Waals surface area contributed by atoms with Crippen LogP contribution < -0.4 is 16.5 Å². The number of piperidine rings is 1. The van der Waals surface area contributed by atoms with Crippen LogP contribution in [0.25, 0.3) is 0 Å². The lowest BCUT2D eigenvalue weighted by Gasteiger charge is -2.33. The summed E-state index contributed by atoms with van der Waals surface area (Å²) in [5.74, 6) is -3.25. The van der Waals surface area contributed by atoms with Crippen LogP contribution in [0.15, 0.2) is 0 Å². The number of carbonyl (C=O) groups excluding carboxylic acids is 2. The van der Waals surface area contributed by atoms with Crippen molar-refractivity contribution in [2.45, 2.75) is 51.2 Å². The molecule has 0 bridgehead atoms. The van der Waals surface area contributed by atoms with E-state index in [1.54, 1.807) is 17.2 Å². The fourth-order valence-corrected chi connectivity index (χ4v) is 2.84. The maximum absolute atomic E-state index is 12.3. The molecule has 1 heterocycles. The molecule has 33 heavy (non-hydrogen) atoms. The van der Waals surface area contributed by atoms with Crippen molar-refractivity contribution in [1.82, 2.24) is 15.6 Å². The summed E-state index contributed by atoms with van der Waals surface area (Å²) >= 11 is 0. The van der Waals surface area contributed by atoms with Crippen molar-refractivity contribution in [3.63, 3.8) is 0 Å². The second kappa shape index (κ2) is 14.8. The highest BCUT2D eigenvalue weighted by Gasteiger charge is 2.38. The summed E-state index contributed by atoms with van der Waals surface area (Å²) in [7, 11) is 0. The Balaban J connectivity index is 0.00000126. The Morgan fingerprint density at radius 2 is 1.88 bits per heavy atom. The molecule has 0 aromatic rings. The molecule has 16 heteroatoms. The van der Waals surface area contributed by atoms with E-state index >= 15 is 0 Å². The number of carbonyl (C=O) groups is 3. The van der Waals surface area contributed by atoms with Gasteiger partial charge in [-0.15, -0.1) is 0 Å². The average Bonchev–Trinajstić information content (AvgIpc) is 2.70. The molecule has 0 spiro atoms. The summed E-state index contributed by atoms with van der Waals surface area (Å²) in [6.45, 7) is 3.61. The topological polar surface area (TPSA) is 201 Å². The Morgan fingerprint density at radius 3 is 2.33 bits per heavy atom. The molecule has 1 rings (SSSR count). The first-order chi connectivity index (χ1) is 15.3. The van der Waals surface area contributed by atoms with E-state index < -0.39 is 29.2 Å². The van der Waals surface area contributed by atoms with Crippen LogP contribution in [0.2, 0.25) is 0 Å². The molecule has 0 aliphatic carbocycles. The van der Waals surface area contributed by atoms with Gasteiger partial charge in [-0.05, 0) is 38.5 Å². The molecule has 0 aromatic carbocycles. The van der Waals surface area contributed by atoms with Gasteiger partial charge in [-0.1, -0.05) is 5.43 Å². The number of halogens is 3. The average molecular weight is 486 g/mol. The van der Waals surface area contributed by atoms with E-state index in [4.69, 9.17) is 25.8 Å². The highest BCUT2D eigenvalue weighted by atomic mass is 19.4. The number of ether oxygens (including phenoxy) is 1. The third kappa shape index (κ3) is 13.8. The molecular weight excluding hydrogens is 457 g/mol. The molecule has 1 amide bonds. The zero-order valence-corrected chi connectivity index (χ0v) is 18.0. The number of hydrogen-bond acceptors (Lipinski definition) is 8. The molecule has 1 aliphatic rings. The van der Waals surface area contributed by atoms with E-state index in [0.717, 1.165) is 12.8 Å². The van der Waals surface area contributed by atoms with Crippen LogP contribution in [-0.2, 0) is 19.1 Å². The minimum atomic E-state index is -5.08. The van der Waals surface area contributed by atoms with Gasteiger partial charge < -0.3 is 25.8 Å². The van der Waals surface area contributed by atoms with Gasteiger partial charge in [0, 0.05) is 26.1 Å². The molecule has 0 radical (unpaired) electrons. The van der Waals surface area contributed by atoms with Crippen molar-refractivity contribution < 1.29 is 42.4 Å². The van der Waals surface area contributed by atoms with E-state index in [0.29, 0.717) is 45.5 Å². The maximum Gasteiger partial charge on any atom is 0.490 e. The molecule has 6 N–H and O–H groups in total. The number of alkyl halides is 3. The number of nitrogens with zero attached hydrogens (tertiary/aromatic N) is 2. The quantitative estimate of drug-likeness (QED) is 0.0749. The van der Waals surface area contributed by atoms with Gasteiger partial charge in [-0.3, -0.25) is 15.0 Å². The van der Waals surface area contributed by atoms with Crippen molar-refractivity contribution >= 4 is 23.8 Å². The van der Waals surface area contributed by atoms with E-state index in [1.807, 2.05) is 0 Å². The van der Waals surface area contributed by atoms with Gasteiger partial charge in [-0.2, -0.15) is 13.2 Å². The first-order valence-electron chi connectivity index (χ1n) is 10.0. The number of esters is 1. The van der Waals surface area contributed by atoms with Crippen LogP contribution in [0.3, 0.4) is 0 Å². The molecule has 1 aliphatic heterocycles. The molecule has 190 valence electrons. The van der Waals surface area contributed by atoms with Crippen molar-refractivity contribution in [3.8, 4) is 0 Å². The summed E-state index contributed by atoms with van der Waals surface area (Å²) in [6.07, 6.45) is -2.27. The summed E-state index contributed by atoms with van der Waals surface area (Å²) in [5.41, 5.74) is 7.62. The van der Waals surface area contributed by atoms with Gasteiger partial charge in [0.25, 0.3) is 5.96 Å². The number of hydrazine groups is 1. The SMILES string of the molecule is CCOC(=O)CC1CCN(C(=O)[C@@H](N)CCCNC(=N)N[N+](=O)[O-])CC1.O=C(O)C(F)(F)F. The van der Waals surface area contributed by atoms with Crippen molar-refractivity contribution in [2.24, 2.45) is 11.7 Å². The molecular formula is C17H29F3N6O7. The van der Waals surface area contributed by atoms with Gasteiger partial charge in [-0.25, -0.2) is 14.9 Å². The molecule has 0 saturated carbocycles. The highest BCUT2D eigenvalue weighted by Crippen LogP contribution is 2.21. The lowest BCUT2D eigenvalue weighted by molar-refractivity contribution is -0.525. The van der Waals surface area contributed by atoms with Crippen molar-refractivity contribution in [1.29, 1.82) is 5.41 Å². The lowest BCUT2D eigenvalue weighted by Crippen LogP contribution is -2.47. The Bertz CT molecular complexity index is 685. The number of rotatable bonds is 9. The first-order valence-corrected chi connectivity index (χ1v) is 10.0. The van der Waals surface area contributed by atoms with E-state index in [2.05, 4.69) is 5.32 Å². The molecule has 1 fully saturated rings. The minimum absolute atomic E-state index is 0.127. The Kier molecular flexibility index (Phi) is 13.4. The third-order valence-electron chi connectivity index (χ3n) is 4.44. The van der Waals surface area contributed by atoms with E-state index in [1.165, 1.54) is 0 Å². The first kappa shape index (κ1) is 29.8. The summed E-state index contributed by atoms with van der Waals surface area (Å²) < 4.78 is 36.7. The predicted octanol–water partition coefficient (Wildman–Crippen LogP) is 0.225. The monoisotopic (exact) mass is 486 g/mol. The lowest BCUT2D eigenvalue weighted by atomic mass is 9.93. The minimum Gasteiger partial charge on any atom is -0.475 e. The van der Waals surface area contributed by atoms with Crippen LogP contribution in [-0.4, -0.2) is 77.3 Å². The van der Waals surface area contributed by atoms with E-state index in [9.17, 15) is 32.9 Å². The number of guanidine groups is 1. The molecule has 0 aromatic heterocycles. The summed E-state index contributed by atoms with van der Waals surface area (Å²) in [4.78, 5) is 44.6. The largest absolute Gasteiger partial charge is 0.490 e. The highest BCUT2D eigenvalue weighted by molar-refractivity contribution is 5.81. The summed E-state index contributed by atoms with van der Waals surface area (Å²) in [6, 6.07) is -0.643. The van der Waals surface area contributed by atoms with Crippen LogP contribution in [0.4, 0.5) is 13.2 Å². The van der Waals surface area contributed by atoms with Gasteiger partial charge >= 0.3 is 18.1 Å². The Hall–Kier alpha value is -3.17. The zero-order chi connectivity index (χ0) is 25.6. The van der Waals surface area contributed by atoms with Gasteiger partial charge in [0.1, 0.15) is 0 Å². The van der Waals surface area contributed by atoms with Crippen LogP contribution in [0.1, 0.15) is 39.0 Å². The normalized spacial score (nSPS) is 14.9. The smallest absolute Gasteiger partial charge is 0.475 e. The number of nitrogens with one attached hydrogen (secondary N) is 3. The number of nitro groups is 1. The van der Waals surface area contributed by atoms with Gasteiger partial charge in [0.2, 0.25) is 5.91 Å². The number of carboxylic acid groups (broad SMARTS) is 1. The zero-order valence-electron chi connectivity index (χ0n) is 18.0. The second-order valence-electron chi connectivity index (χ2n) is 7.00. The van der Waals surface area contributed by atoms with Gasteiger partial charge in [0.15, 0.2) is 5.03 Å². The van der Waals surface area contributed by atoms with Crippen molar-refractivity contribution in [2.75, 3.05) is 26.2 Å². The number of aliphatic carboxylic acids is 1. The number of hydrogen-bond donors (Lipinski definition) is 5. The number of amides is 1. The third-order valence-corrected chi connectivity index (χ3v) is 4.44. The maximum atomic E-state index is 12.3.